The van der Waals surface area contributed by atoms with Gasteiger partial charge in [0.2, 0.25) is 18.5 Å². The van der Waals surface area contributed by atoms with Crippen LogP contribution in [0.3, 0.4) is 0 Å². The highest BCUT2D eigenvalue weighted by Crippen LogP contribution is 2.37. The number of para-hydroxylation sites is 1. The van der Waals surface area contributed by atoms with Gasteiger partial charge in [-0.25, -0.2) is 0 Å². The monoisotopic (exact) mass is 462 g/mol. The number of ketones is 1. The number of benzene rings is 2. The average molecular weight is 462 g/mol. The minimum atomic E-state index is -0.302. The van der Waals surface area contributed by atoms with Crippen LogP contribution < -0.4 is 14.8 Å². The molecule has 0 unspecified atom stereocenters. The van der Waals surface area contributed by atoms with Crippen molar-refractivity contribution in [3.05, 3.63) is 66.4 Å². The smallest absolute Gasteiger partial charge is 0.234 e. The Hall–Kier alpha value is -4.05. The van der Waals surface area contributed by atoms with Crippen LogP contribution in [0.4, 0.5) is 5.69 Å². The second-order valence-electron chi connectivity index (χ2n) is 7.10. The second-order valence-corrected chi connectivity index (χ2v) is 8.04. The molecule has 2 aromatic heterocycles. The maximum Gasteiger partial charge on any atom is 0.234 e. The molecule has 1 amide bonds. The lowest BCUT2D eigenvalue weighted by Gasteiger charge is -2.11. The predicted octanol–water partition coefficient (Wildman–Crippen LogP) is 4.19. The van der Waals surface area contributed by atoms with Gasteiger partial charge in [0.15, 0.2) is 28.2 Å². The molecule has 33 heavy (non-hydrogen) atoms. The number of nitrogens with zero attached hydrogens (tertiary/aromatic N) is 3. The molecular weight excluding hydrogens is 444 g/mol. The molecule has 1 aliphatic rings. The van der Waals surface area contributed by atoms with Gasteiger partial charge < -0.3 is 19.2 Å². The van der Waals surface area contributed by atoms with Crippen molar-refractivity contribution in [1.29, 1.82) is 0 Å². The molecule has 0 aliphatic carbocycles. The fourth-order valence-electron chi connectivity index (χ4n) is 3.39. The highest BCUT2D eigenvalue weighted by Gasteiger charge is 2.22. The quantitative estimate of drug-likeness (QED) is 0.322. The Morgan fingerprint density at radius 1 is 1.06 bits per heavy atom. The zero-order chi connectivity index (χ0) is 22.8. The molecular formula is C23H18N4O5S. The van der Waals surface area contributed by atoms with Gasteiger partial charge in [0.05, 0.1) is 17.7 Å². The van der Waals surface area contributed by atoms with Gasteiger partial charge in [-0.2, -0.15) is 0 Å². The molecule has 0 saturated heterocycles. The van der Waals surface area contributed by atoms with Gasteiger partial charge >= 0.3 is 0 Å². The molecule has 4 aromatic rings. The third-order valence-electron chi connectivity index (χ3n) is 4.89. The molecule has 3 heterocycles. The minimum Gasteiger partial charge on any atom is -0.461 e. The van der Waals surface area contributed by atoms with Crippen molar-refractivity contribution in [2.24, 2.45) is 0 Å². The van der Waals surface area contributed by atoms with Gasteiger partial charge in [0, 0.05) is 17.3 Å². The standard InChI is InChI=1S/C23H18N4O5S/c1-14(28)16-10-19-20(32-13-31-19)11-17(16)24-21(29)12-33-23-26-25-22(18-8-5-9-30-18)27(23)15-6-3-2-4-7-15/h2-11H,12-13H2,1H3,(H,24,29). The second kappa shape index (κ2) is 8.83. The summed E-state index contributed by atoms with van der Waals surface area (Å²) in [5.74, 6) is 1.61. The SMILES string of the molecule is CC(=O)c1cc2c(cc1NC(=O)CSc1nnc(-c3ccco3)n1-c1ccccc1)OCO2. The highest BCUT2D eigenvalue weighted by atomic mass is 32.2. The van der Waals surface area contributed by atoms with E-state index in [1.54, 1.807) is 30.5 Å². The first-order valence-corrected chi connectivity index (χ1v) is 11.0. The topological polar surface area (TPSA) is 108 Å². The van der Waals surface area contributed by atoms with E-state index in [1.807, 2.05) is 34.9 Å². The first kappa shape index (κ1) is 20.8. The first-order valence-electron chi connectivity index (χ1n) is 10.0. The van der Waals surface area contributed by atoms with Crippen LogP contribution in [0.2, 0.25) is 0 Å². The van der Waals surface area contributed by atoms with Crippen molar-refractivity contribution in [1.82, 2.24) is 14.8 Å². The summed E-state index contributed by atoms with van der Waals surface area (Å²) in [5.41, 5.74) is 1.56. The number of carbonyl (C=O) groups is 2. The van der Waals surface area contributed by atoms with E-state index >= 15 is 0 Å². The number of rotatable bonds is 7. The Morgan fingerprint density at radius 3 is 2.58 bits per heavy atom. The van der Waals surface area contributed by atoms with Crippen molar-refractivity contribution < 1.29 is 23.5 Å². The van der Waals surface area contributed by atoms with Crippen molar-refractivity contribution in [2.45, 2.75) is 12.1 Å². The molecule has 5 rings (SSSR count). The molecule has 1 N–H and O–H groups in total. The lowest BCUT2D eigenvalue weighted by molar-refractivity contribution is -0.113. The number of Topliss-reactive ketones (excluding diaryl/α,β-unsaturated/α-hetero) is 1. The number of aromatic nitrogens is 3. The highest BCUT2D eigenvalue weighted by molar-refractivity contribution is 7.99. The van der Waals surface area contributed by atoms with Gasteiger partial charge in [-0.15, -0.1) is 10.2 Å². The number of carbonyl (C=O) groups excluding carboxylic acids is 2. The van der Waals surface area contributed by atoms with E-state index < -0.39 is 0 Å². The van der Waals surface area contributed by atoms with Crippen LogP contribution in [0.15, 0.2) is 70.4 Å². The summed E-state index contributed by atoms with van der Waals surface area (Å²) >= 11 is 1.22. The van der Waals surface area contributed by atoms with Crippen molar-refractivity contribution in [2.75, 3.05) is 17.9 Å². The van der Waals surface area contributed by atoms with Crippen LogP contribution >= 0.6 is 11.8 Å². The van der Waals surface area contributed by atoms with E-state index in [9.17, 15) is 9.59 Å². The number of hydrogen-bond acceptors (Lipinski definition) is 8. The van der Waals surface area contributed by atoms with Crippen LogP contribution in [0, 0.1) is 0 Å². The zero-order valence-corrected chi connectivity index (χ0v) is 18.3. The van der Waals surface area contributed by atoms with E-state index in [-0.39, 0.29) is 24.2 Å². The third kappa shape index (κ3) is 4.20. The normalized spacial score (nSPS) is 12.0. The molecule has 0 radical (unpaired) electrons. The van der Waals surface area contributed by atoms with Crippen molar-refractivity contribution >= 4 is 29.1 Å². The summed E-state index contributed by atoms with van der Waals surface area (Å²) in [6, 6.07) is 16.3. The predicted molar refractivity (Wildman–Crippen MR) is 121 cm³/mol. The summed E-state index contributed by atoms with van der Waals surface area (Å²) in [5, 5.41) is 11.9. The van der Waals surface area contributed by atoms with Crippen LogP contribution in [0.25, 0.3) is 17.3 Å². The molecule has 10 heteroatoms. The number of anilines is 1. The maximum atomic E-state index is 12.8. The molecule has 1 aliphatic heterocycles. The summed E-state index contributed by atoms with van der Waals surface area (Å²) in [6.45, 7) is 1.51. The molecule has 166 valence electrons. The summed E-state index contributed by atoms with van der Waals surface area (Å²) in [7, 11) is 0. The fourth-order valence-corrected chi connectivity index (χ4v) is 4.14. The molecule has 0 saturated carbocycles. The minimum absolute atomic E-state index is 0.0505. The maximum absolute atomic E-state index is 12.8. The van der Waals surface area contributed by atoms with E-state index in [2.05, 4.69) is 15.5 Å². The molecule has 2 aromatic carbocycles. The number of furan rings is 1. The average Bonchev–Trinajstić information content (AvgIpc) is 3.57. The van der Waals surface area contributed by atoms with Gasteiger partial charge in [-0.05, 0) is 37.3 Å². The molecule has 9 nitrogen and oxygen atoms in total. The van der Waals surface area contributed by atoms with E-state index in [4.69, 9.17) is 13.9 Å². The number of fused-ring (bicyclic) bond motifs is 1. The van der Waals surface area contributed by atoms with Crippen LogP contribution in [0.1, 0.15) is 17.3 Å². The summed E-state index contributed by atoms with van der Waals surface area (Å²) in [4.78, 5) is 24.8. The van der Waals surface area contributed by atoms with Gasteiger partial charge in [-0.3, -0.25) is 14.2 Å². The largest absolute Gasteiger partial charge is 0.461 e. The Morgan fingerprint density at radius 2 is 1.85 bits per heavy atom. The van der Waals surface area contributed by atoms with Crippen LogP contribution in [-0.4, -0.2) is 39.0 Å². The summed E-state index contributed by atoms with van der Waals surface area (Å²) < 4.78 is 18.0. The zero-order valence-electron chi connectivity index (χ0n) is 17.5. The van der Waals surface area contributed by atoms with Crippen LogP contribution in [-0.2, 0) is 4.79 Å². The first-order chi connectivity index (χ1) is 16.1. The van der Waals surface area contributed by atoms with Crippen molar-refractivity contribution in [3.8, 4) is 28.8 Å². The lowest BCUT2D eigenvalue weighted by atomic mass is 10.1. The fraction of sp³-hybridized carbons (Fsp3) is 0.130. The molecule has 0 atom stereocenters. The third-order valence-corrected chi connectivity index (χ3v) is 5.82. The molecule has 0 spiro atoms. The Labute approximate surface area is 192 Å². The van der Waals surface area contributed by atoms with Gasteiger partial charge in [0.25, 0.3) is 0 Å². The summed E-state index contributed by atoms with van der Waals surface area (Å²) in [6.07, 6.45) is 1.57. The number of nitrogens with one attached hydrogen (secondary N) is 1. The van der Waals surface area contributed by atoms with Gasteiger partial charge in [0.1, 0.15) is 0 Å². The van der Waals surface area contributed by atoms with E-state index in [0.717, 1.165) is 5.69 Å². The number of hydrogen-bond donors (Lipinski definition) is 1. The lowest BCUT2D eigenvalue weighted by Crippen LogP contribution is -2.16. The van der Waals surface area contributed by atoms with Gasteiger partial charge in [-0.1, -0.05) is 30.0 Å². The number of thioether (sulfide) groups is 1. The number of ether oxygens (including phenoxy) is 2. The van der Waals surface area contributed by atoms with Crippen LogP contribution in [0.5, 0.6) is 11.5 Å². The number of amides is 1. The molecule has 0 fully saturated rings. The Bertz CT molecular complexity index is 1320. The Kier molecular flexibility index (Phi) is 5.57. The Balaban J connectivity index is 1.37. The van der Waals surface area contributed by atoms with Crippen molar-refractivity contribution in [3.63, 3.8) is 0 Å². The van der Waals surface area contributed by atoms with E-state index in [1.165, 1.54) is 18.7 Å². The molecule has 0 bridgehead atoms. The van der Waals surface area contributed by atoms with E-state index in [0.29, 0.717) is 39.5 Å².